The summed E-state index contributed by atoms with van der Waals surface area (Å²) in [5.41, 5.74) is 21.9. The molecular weight excluding hydrogens is 1470 g/mol. The van der Waals surface area contributed by atoms with Crippen LogP contribution in [0, 0.1) is 27.7 Å². The molecule has 6 aromatic heterocycles. The van der Waals surface area contributed by atoms with Crippen molar-refractivity contribution in [1.29, 1.82) is 0 Å². The summed E-state index contributed by atoms with van der Waals surface area (Å²) < 4.78 is 24.5. The lowest BCUT2D eigenvalue weighted by Crippen LogP contribution is -2.27. The molecule has 0 N–H and O–H groups in total. The van der Waals surface area contributed by atoms with Crippen molar-refractivity contribution in [3.8, 4) is 52.2 Å². The third kappa shape index (κ3) is 24.3. The normalized spacial score (nSPS) is 13.5. The molecule has 6 heterocycles. The van der Waals surface area contributed by atoms with E-state index in [-0.39, 0.29) is 10.8 Å². The number of aromatic nitrogens is 4. The number of nitrogens with zero attached hydrogens (tertiary/aromatic N) is 4. The quantitative estimate of drug-likeness (QED) is 0.0357. The van der Waals surface area contributed by atoms with Gasteiger partial charge in [-0.3, -0.25) is 0 Å². The average Bonchev–Trinajstić information content (AvgIpc) is 1.51. The van der Waals surface area contributed by atoms with Gasteiger partial charge in [-0.2, -0.15) is 17.5 Å². The van der Waals surface area contributed by atoms with Crippen molar-refractivity contribution < 1.29 is 0 Å². The van der Waals surface area contributed by atoms with Crippen LogP contribution in [0.2, 0.25) is 0 Å². The fraction of sp³-hybridized carbons (Fsp3) is 0.686. The van der Waals surface area contributed by atoms with Crippen LogP contribution in [-0.2, 0) is 10.8 Å². The molecule has 2 aliphatic rings. The fourth-order valence-electron chi connectivity index (χ4n) is 20.2. The number of rotatable bonds is 63. The van der Waals surface area contributed by atoms with E-state index >= 15 is 0 Å². The van der Waals surface area contributed by atoms with Crippen LogP contribution in [0.5, 0.6) is 0 Å². The van der Waals surface area contributed by atoms with Crippen LogP contribution in [0.1, 0.15) is 457 Å². The summed E-state index contributed by atoms with van der Waals surface area (Å²) in [6, 6.07) is 21.0. The van der Waals surface area contributed by atoms with Crippen molar-refractivity contribution in [3.63, 3.8) is 0 Å². The van der Waals surface area contributed by atoms with Crippen molar-refractivity contribution in [2.75, 3.05) is 0 Å². The molecule has 9 aromatic rings. The van der Waals surface area contributed by atoms with E-state index in [9.17, 15) is 0 Å². The number of aryl methyl sites for hydroxylation is 4. The van der Waals surface area contributed by atoms with Crippen LogP contribution < -0.4 is 0 Å². The molecule has 0 fully saturated rings. The van der Waals surface area contributed by atoms with Crippen molar-refractivity contribution in [1.82, 2.24) is 17.5 Å². The summed E-state index contributed by atoms with van der Waals surface area (Å²) >= 11 is 10.8. The molecular formula is C102H152N4S6. The van der Waals surface area contributed by atoms with Crippen LogP contribution in [0.4, 0.5) is 0 Å². The van der Waals surface area contributed by atoms with Gasteiger partial charge in [-0.05, 0) is 146 Å². The van der Waals surface area contributed by atoms with Gasteiger partial charge in [0.05, 0.1) is 23.5 Å². The molecule has 0 radical (unpaired) electrons. The Labute approximate surface area is 708 Å². The lowest BCUT2D eigenvalue weighted by Gasteiger charge is -2.35. The molecule has 0 unspecified atom stereocenters. The zero-order chi connectivity index (χ0) is 78.0. The van der Waals surface area contributed by atoms with E-state index in [4.69, 9.17) is 17.5 Å². The predicted octanol–water partition coefficient (Wildman–Crippen LogP) is 37.3. The molecule has 4 nitrogen and oxygen atoms in total. The summed E-state index contributed by atoms with van der Waals surface area (Å²) in [7, 11) is 0. The van der Waals surface area contributed by atoms with Gasteiger partial charge in [-0.1, -0.05) is 393 Å². The number of thiophene rings is 4. The molecule has 11 rings (SSSR count). The lowest BCUT2D eigenvalue weighted by atomic mass is 9.68. The summed E-state index contributed by atoms with van der Waals surface area (Å²) in [5.74, 6) is 0. The Morgan fingerprint density at radius 1 is 0.232 bits per heavy atom. The Kier molecular flexibility index (Phi) is 38.6. The molecule has 2 aliphatic carbocycles. The molecule has 616 valence electrons. The van der Waals surface area contributed by atoms with E-state index in [1.54, 1.807) is 22.3 Å². The number of fused-ring (bicyclic) bond motifs is 11. The molecule has 0 saturated carbocycles. The van der Waals surface area contributed by atoms with Gasteiger partial charge in [-0.25, -0.2) is 0 Å². The van der Waals surface area contributed by atoms with E-state index in [1.165, 1.54) is 497 Å². The van der Waals surface area contributed by atoms with Crippen molar-refractivity contribution in [2.45, 2.75) is 451 Å². The summed E-state index contributed by atoms with van der Waals surface area (Å²) in [5, 5.41) is 0. The minimum Gasteiger partial charge on any atom is -0.173 e. The second-order valence-corrected chi connectivity index (χ2v) is 41.4. The third-order valence-electron chi connectivity index (χ3n) is 26.7. The van der Waals surface area contributed by atoms with Crippen LogP contribution in [0.25, 0.3) is 83.7 Å². The minimum atomic E-state index is -0.163. The highest BCUT2D eigenvalue weighted by Crippen LogP contribution is 2.64. The fourth-order valence-corrected chi connectivity index (χ4v) is 26.4. The predicted molar refractivity (Wildman–Crippen MR) is 505 cm³/mol. The monoisotopic (exact) mass is 1630 g/mol. The van der Waals surface area contributed by atoms with Gasteiger partial charge in [0.1, 0.15) is 22.1 Å². The molecule has 0 saturated heterocycles. The maximum absolute atomic E-state index is 5.61. The van der Waals surface area contributed by atoms with Crippen molar-refractivity contribution in [2.24, 2.45) is 0 Å². The highest BCUT2D eigenvalue weighted by atomic mass is 32.1. The standard InChI is InChI=1S/C102H152N4S6/c1-9-13-17-21-25-29-33-37-41-45-49-53-57-61-65-101(66-62-58-54-50-46-42-38-34-30-26-22-18-14-10-2)84-73-82-85(72-81(84)93-86(101)70-77(5)95-97(93)105-111-103-95)102(67-63-59-55-51-47-43-39-35-31-27-23-19-15-11-3,68-64-60-56-52-48-44-40-36-32-28-24-20-16-12-4)87-74-83(96-98(94(82)87)106-112-104-96)88-71-79(7)100(110-88)92-76-90-89(109-92)75-91(108-90)99-78(6)69-80(8)107-99/h69-76H,9-68H2,1-8H3. The Morgan fingerprint density at radius 3 is 0.839 bits per heavy atom. The molecule has 3 aromatic carbocycles. The molecule has 112 heavy (non-hydrogen) atoms. The number of hydrogen-bond donors (Lipinski definition) is 0. The van der Waals surface area contributed by atoms with Gasteiger partial charge in [0.25, 0.3) is 0 Å². The molecule has 0 amide bonds. The second-order valence-electron chi connectivity index (χ2n) is 35.8. The highest BCUT2D eigenvalue weighted by Gasteiger charge is 2.50. The Hall–Kier alpha value is -3.64. The van der Waals surface area contributed by atoms with Gasteiger partial charge in [-0.15, -0.1) is 45.3 Å². The largest absolute Gasteiger partial charge is 0.173 e. The number of benzene rings is 3. The first kappa shape index (κ1) is 89.2. The van der Waals surface area contributed by atoms with Crippen molar-refractivity contribution >= 4 is 100 Å². The molecule has 0 aliphatic heterocycles. The van der Waals surface area contributed by atoms with Crippen LogP contribution >= 0.6 is 68.8 Å². The molecule has 0 atom stereocenters. The zero-order valence-corrected chi connectivity index (χ0v) is 77.2. The van der Waals surface area contributed by atoms with Crippen LogP contribution in [0.15, 0.2) is 48.5 Å². The van der Waals surface area contributed by atoms with Gasteiger partial charge in [0.2, 0.25) is 0 Å². The van der Waals surface area contributed by atoms with E-state index in [0.29, 0.717) is 0 Å². The first-order valence-corrected chi connectivity index (χ1v) is 52.3. The van der Waals surface area contributed by atoms with Gasteiger partial charge in [0, 0.05) is 66.2 Å². The topological polar surface area (TPSA) is 51.6 Å². The van der Waals surface area contributed by atoms with Gasteiger partial charge < -0.3 is 0 Å². The smallest absolute Gasteiger partial charge is 0.114 e. The molecule has 10 heteroatoms. The van der Waals surface area contributed by atoms with E-state index in [0.717, 1.165) is 16.6 Å². The van der Waals surface area contributed by atoms with E-state index < -0.39 is 0 Å². The first-order valence-electron chi connectivity index (χ1n) is 47.6. The summed E-state index contributed by atoms with van der Waals surface area (Å²) in [6.07, 6.45) is 82.3. The first-order chi connectivity index (χ1) is 55.1. The Bertz CT molecular complexity index is 4060. The highest BCUT2D eigenvalue weighted by molar-refractivity contribution is 7.33. The molecule has 0 bridgehead atoms. The average molecular weight is 1630 g/mol. The zero-order valence-electron chi connectivity index (χ0n) is 72.3. The number of unbranched alkanes of at least 4 members (excludes halogenated alkanes) is 52. The van der Waals surface area contributed by atoms with Crippen LogP contribution in [0.3, 0.4) is 0 Å². The second kappa shape index (κ2) is 48.4. The minimum absolute atomic E-state index is 0.102. The summed E-state index contributed by atoms with van der Waals surface area (Å²) in [6.45, 7) is 18.6. The SMILES string of the molecule is CCCCCCCCCCCCCCCCC1(CCCCCCCCCCCCCCCC)c2cc3c(cc2-c2c1cc(C)c1nsnc21)C(CCCCCCCCCCCCCCCC)(CCCCCCCCCCCCCCCC)c1cc(-c2cc(C)c(-c4cc5sc(-c6sc(C)cc6C)cc5s4)s2)c2nsnc2c1-3. The Morgan fingerprint density at radius 2 is 0.509 bits per heavy atom. The van der Waals surface area contributed by atoms with E-state index in [1.807, 2.05) is 45.3 Å². The van der Waals surface area contributed by atoms with Crippen LogP contribution in [-0.4, -0.2) is 17.5 Å². The van der Waals surface area contributed by atoms with Crippen molar-refractivity contribution in [3.05, 3.63) is 92.4 Å². The van der Waals surface area contributed by atoms with E-state index in [2.05, 4.69) is 104 Å². The van der Waals surface area contributed by atoms with Gasteiger partial charge >= 0.3 is 0 Å². The maximum Gasteiger partial charge on any atom is 0.114 e. The lowest BCUT2D eigenvalue weighted by molar-refractivity contribution is 0.393. The van der Waals surface area contributed by atoms with Gasteiger partial charge in [0.15, 0.2) is 0 Å². The Balaban J connectivity index is 0.939. The maximum atomic E-state index is 5.61. The molecule has 0 spiro atoms. The number of hydrogen-bond acceptors (Lipinski definition) is 10. The summed E-state index contributed by atoms with van der Waals surface area (Å²) in [4.78, 5) is 8.39. The third-order valence-corrected chi connectivity index (χ3v) is 32.9.